The summed E-state index contributed by atoms with van der Waals surface area (Å²) in [6.45, 7) is 0.886. The van der Waals surface area contributed by atoms with Crippen LogP contribution in [0.4, 0.5) is 20.3 Å². The van der Waals surface area contributed by atoms with E-state index in [-0.39, 0.29) is 41.1 Å². The van der Waals surface area contributed by atoms with E-state index in [1.54, 1.807) is 6.20 Å². The van der Waals surface area contributed by atoms with Crippen molar-refractivity contribution in [3.8, 4) is 0 Å². The average Bonchev–Trinajstić information content (AvgIpc) is 3.71. The molecule has 2 saturated heterocycles. The molecule has 6 rings (SSSR count). The molecular formula is C24H27F2N7O4. The van der Waals surface area contributed by atoms with Gasteiger partial charge in [0.2, 0.25) is 0 Å². The third-order valence-corrected chi connectivity index (χ3v) is 7.69. The molecule has 1 aliphatic carbocycles. The molecule has 2 atom stereocenters. The molecule has 3 fully saturated rings. The zero-order chi connectivity index (χ0) is 25.7. The standard InChI is InChI=1S/C24H27F2N7O4/c25-22(26)21-18(10-33(30-21)14-3-1-13(2-4-14)19(35)11-34)28-24(36)17-8-27-32-6-5-20(29-23(17)32)31-9-16-7-15(31)12-37-16/h5-6,8,10,13-16,22,34H,1-4,7,9,11-12H2,(H,28,36). The number of aliphatic hydroxyl groups excluding tert-OH is 1. The Morgan fingerprint density at radius 2 is 2.03 bits per heavy atom. The predicted octanol–water partition coefficient (Wildman–Crippen LogP) is 2.39. The number of rotatable bonds is 7. The van der Waals surface area contributed by atoms with Gasteiger partial charge >= 0.3 is 0 Å². The van der Waals surface area contributed by atoms with Crippen LogP contribution in [0, 0.1) is 5.92 Å². The lowest BCUT2D eigenvalue weighted by Crippen LogP contribution is -2.37. The van der Waals surface area contributed by atoms with Crippen molar-refractivity contribution in [1.29, 1.82) is 0 Å². The van der Waals surface area contributed by atoms with Crippen molar-refractivity contribution >= 4 is 28.8 Å². The Morgan fingerprint density at radius 1 is 1.22 bits per heavy atom. The lowest BCUT2D eigenvalue weighted by atomic mass is 9.84. The van der Waals surface area contributed by atoms with E-state index in [2.05, 4.69) is 25.4 Å². The molecule has 3 aromatic heterocycles. The second kappa shape index (κ2) is 9.45. The normalized spacial score (nSPS) is 25.4. The van der Waals surface area contributed by atoms with Crippen molar-refractivity contribution in [2.75, 3.05) is 30.0 Å². The van der Waals surface area contributed by atoms with Crippen LogP contribution in [0.5, 0.6) is 0 Å². The zero-order valence-corrected chi connectivity index (χ0v) is 20.0. The first-order valence-electron chi connectivity index (χ1n) is 12.5. The lowest BCUT2D eigenvalue weighted by molar-refractivity contribution is -0.126. The Hall–Kier alpha value is -3.45. The number of amides is 1. The fourth-order valence-corrected chi connectivity index (χ4v) is 5.69. The summed E-state index contributed by atoms with van der Waals surface area (Å²) in [4.78, 5) is 31.8. The second-order valence-corrected chi connectivity index (χ2v) is 9.90. The highest BCUT2D eigenvalue weighted by Gasteiger charge is 2.39. The summed E-state index contributed by atoms with van der Waals surface area (Å²) in [7, 11) is 0. The van der Waals surface area contributed by atoms with E-state index in [4.69, 9.17) is 9.84 Å². The number of aromatic nitrogens is 5. The molecule has 2 aliphatic heterocycles. The molecule has 1 amide bonds. The zero-order valence-electron chi connectivity index (χ0n) is 20.0. The summed E-state index contributed by atoms with van der Waals surface area (Å²) >= 11 is 0. The third-order valence-electron chi connectivity index (χ3n) is 7.69. The predicted molar refractivity (Wildman–Crippen MR) is 127 cm³/mol. The van der Waals surface area contributed by atoms with Gasteiger partial charge in [0.25, 0.3) is 12.3 Å². The van der Waals surface area contributed by atoms with Crippen molar-refractivity contribution in [2.24, 2.45) is 5.92 Å². The number of hydrogen-bond donors (Lipinski definition) is 2. The van der Waals surface area contributed by atoms with Gasteiger partial charge in [-0.05, 0) is 38.2 Å². The first-order chi connectivity index (χ1) is 17.9. The molecule has 2 unspecified atom stereocenters. The number of fused-ring (bicyclic) bond motifs is 3. The minimum absolute atomic E-state index is 0.0712. The molecule has 11 nitrogen and oxygen atoms in total. The number of halogens is 2. The highest BCUT2D eigenvalue weighted by atomic mass is 19.3. The van der Waals surface area contributed by atoms with Gasteiger partial charge in [-0.1, -0.05) is 0 Å². The van der Waals surface area contributed by atoms with E-state index in [9.17, 15) is 18.4 Å². The van der Waals surface area contributed by atoms with Crippen LogP contribution in [0.1, 0.15) is 60.6 Å². The van der Waals surface area contributed by atoms with Crippen molar-refractivity contribution in [3.63, 3.8) is 0 Å². The lowest BCUT2D eigenvalue weighted by Gasteiger charge is -2.27. The molecule has 3 aromatic rings. The fourth-order valence-electron chi connectivity index (χ4n) is 5.69. The van der Waals surface area contributed by atoms with Crippen molar-refractivity contribution in [1.82, 2.24) is 24.4 Å². The summed E-state index contributed by atoms with van der Waals surface area (Å²) in [6.07, 6.45) is 5.00. The van der Waals surface area contributed by atoms with E-state index >= 15 is 0 Å². The number of anilines is 2. The van der Waals surface area contributed by atoms with Crippen LogP contribution in [0.2, 0.25) is 0 Å². The number of ether oxygens (including phenoxy) is 1. The number of morpholine rings is 1. The number of ketones is 1. The number of nitrogens with one attached hydrogen (secondary N) is 1. The number of alkyl halides is 2. The number of aliphatic hydroxyl groups is 1. The molecule has 3 aliphatic rings. The largest absolute Gasteiger partial charge is 0.389 e. The SMILES string of the molecule is O=C(Nc1cn(C2CCC(C(=O)CO)CC2)nc1C(F)F)c1cnn2ccc(N3CC4CC3CO4)nc12. The molecule has 0 spiro atoms. The van der Waals surface area contributed by atoms with Crippen molar-refractivity contribution in [3.05, 3.63) is 35.9 Å². The van der Waals surface area contributed by atoms with Gasteiger partial charge < -0.3 is 20.1 Å². The topological polar surface area (TPSA) is 127 Å². The van der Waals surface area contributed by atoms with Crippen molar-refractivity contribution in [2.45, 2.75) is 56.7 Å². The minimum atomic E-state index is -2.88. The van der Waals surface area contributed by atoms with Gasteiger partial charge in [0.05, 0.1) is 36.7 Å². The summed E-state index contributed by atoms with van der Waals surface area (Å²) < 4.78 is 36.2. The number of nitrogens with zero attached hydrogens (tertiary/aromatic N) is 6. The molecule has 0 radical (unpaired) electrons. The average molecular weight is 516 g/mol. The molecule has 13 heteroatoms. The Labute approximate surface area is 210 Å². The number of hydrogen-bond acceptors (Lipinski definition) is 8. The Bertz CT molecular complexity index is 1330. The van der Waals surface area contributed by atoms with E-state index in [0.717, 1.165) is 13.0 Å². The number of carbonyl (C=O) groups excluding carboxylic acids is 2. The van der Waals surface area contributed by atoms with E-state index in [1.165, 1.54) is 21.6 Å². The van der Waals surface area contributed by atoms with Gasteiger partial charge in [-0.3, -0.25) is 14.3 Å². The summed E-state index contributed by atoms with van der Waals surface area (Å²) in [5, 5.41) is 19.9. The van der Waals surface area contributed by atoms with Gasteiger partial charge in [0.1, 0.15) is 18.0 Å². The molecule has 2 N–H and O–H groups in total. The van der Waals surface area contributed by atoms with Gasteiger partial charge in [0, 0.05) is 24.9 Å². The van der Waals surface area contributed by atoms with E-state index in [1.807, 2.05) is 6.07 Å². The second-order valence-electron chi connectivity index (χ2n) is 9.90. The summed E-state index contributed by atoms with van der Waals surface area (Å²) in [5.41, 5.74) is -0.0896. The van der Waals surface area contributed by atoms with Gasteiger partial charge in [0.15, 0.2) is 17.1 Å². The molecule has 196 valence electrons. The molecule has 5 heterocycles. The number of carbonyl (C=O) groups is 2. The highest BCUT2D eigenvalue weighted by molar-refractivity contribution is 6.08. The van der Waals surface area contributed by atoms with Crippen LogP contribution < -0.4 is 10.2 Å². The maximum absolute atomic E-state index is 13.8. The van der Waals surface area contributed by atoms with Crippen LogP contribution in [-0.4, -0.2) is 73.1 Å². The van der Waals surface area contributed by atoms with Gasteiger partial charge in [-0.25, -0.2) is 18.3 Å². The van der Waals surface area contributed by atoms with Crippen LogP contribution in [0.15, 0.2) is 24.7 Å². The number of Topliss-reactive ketones (excluding diaryl/α,β-unsaturated/α-hetero) is 1. The molecule has 37 heavy (non-hydrogen) atoms. The monoisotopic (exact) mass is 515 g/mol. The highest BCUT2D eigenvalue weighted by Crippen LogP contribution is 2.35. The van der Waals surface area contributed by atoms with Crippen LogP contribution in [0.3, 0.4) is 0 Å². The Kier molecular flexibility index (Phi) is 6.11. The van der Waals surface area contributed by atoms with Crippen LogP contribution in [0.25, 0.3) is 5.65 Å². The first-order valence-corrected chi connectivity index (χ1v) is 12.5. The maximum atomic E-state index is 13.8. The van der Waals surface area contributed by atoms with E-state index in [0.29, 0.717) is 43.8 Å². The molecule has 1 saturated carbocycles. The van der Waals surface area contributed by atoms with Crippen LogP contribution >= 0.6 is 0 Å². The first kappa shape index (κ1) is 23.9. The molecule has 0 aromatic carbocycles. The Morgan fingerprint density at radius 3 is 2.70 bits per heavy atom. The van der Waals surface area contributed by atoms with Crippen LogP contribution in [-0.2, 0) is 9.53 Å². The smallest absolute Gasteiger partial charge is 0.284 e. The third kappa shape index (κ3) is 4.35. The van der Waals surface area contributed by atoms with Crippen molar-refractivity contribution < 1.29 is 28.2 Å². The summed E-state index contributed by atoms with van der Waals surface area (Å²) in [5.74, 6) is -0.309. The minimum Gasteiger partial charge on any atom is -0.389 e. The Balaban J connectivity index is 1.22. The van der Waals surface area contributed by atoms with E-state index < -0.39 is 24.6 Å². The van der Waals surface area contributed by atoms with Gasteiger partial charge in [-0.15, -0.1) is 0 Å². The molecular weight excluding hydrogens is 488 g/mol. The fraction of sp³-hybridized carbons (Fsp3) is 0.542. The summed E-state index contributed by atoms with van der Waals surface area (Å²) in [6, 6.07) is 1.91. The molecule has 2 bridgehead atoms. The maximum Gasteiger partial charge on any atom is 0.284 e. The quantitative estimate of drug-likeness (QED) is 0.491. The van der Waals surface area contributed by atoms with Gasteiger partial charge in [-0.2, -0.15) is 10.2 Å².